The highest BCUT2D eigenvalue weighted by Crippen LogP contribution is 1.60. The van der Waals surface area contributed by atoms with Gasteiger partial charge in [-0.05, 0) is 9.86 Å². The number of aliphatic hydroxyl groups is 3. The van der Waals surface area contributed by atoms with Gasteiger partial charge in [-0.15, -0.1) is 24.0 Å². The summed E-state index contributed by atoms with van der Waals surface area (Å²) < 4.78 is 12.6. The van der Waals surface area contributed by atoms with Crippen molar-refractivity contribution >= 4 is 81.1 Å². The molecular weight excluding hydrogens is 753 g/mol. The standard InChI is InChI=1S/C3H6O2.C2H4O2.2C2H6O.2CH3I.3CH4O.CH4.HI.3H2O/c1-3(4)5-2;1-2(3)4;2*1-3-2;5*1-2;;;;;/h1-2H3;1H3,(H,3,4);2*1-2H3;2*1H3;3*2H,1H3;1H4;1H;3*1H2. The van der Waals surface area contributed by atoms with Crippen molar-refractivity contribution in [1.82, 2.24) is 0 Å². The van der Waals surface area contributed by atoms with Crippen LogP contribution in [0.1, 0.15) is 21.3 Å². The largest absolute Gasteiger partial charge is 0.481 e. The van der Waals surface area contributed by atoms with Gasteiger partial charge in [-0.2, -0.15) is 0 Å². The normalized spacial score (nSPS) is 4.17. The number of carboxylic acids is 1. The van der Waals surface area contributed by atoms with Crippen LogP contribution < -0.4 is 0 Å². The number of carbonyl (C=O) groups excluding carboxylic acids is 1. The van der Waals surface area contributed by atoms with E-state index in [0.29, 0.717) is 0 Å². The first-order valence-electron chi connectivity index (χ1n) is 5.97. The molecule has 0 unspecified atom stereocenters. The van der Waals surface area contributed by atoms with Gasteiger partial charge >= 0.3 is 5.97 Å². The summed E-state index contributed by atoms with van der Waals surface area (Å²) in [6, 6.07) is 0. The van der Waals surface area contributed by atoms with Crippen molar-refractivity contribution in [3.05, 3.63) is 0 Å². The molecular formula is C15H51I3O12. The van der Waals surface area contributed by atoms with Crippen molar-refractivity contribution in [2.24, 2.45) is 0 Å². The number of rotatable bonds is 0. The van der Waals surface area contributed by atoms with E-state index in [4.69, 9.17) is 25.2 Å². The van der Waals surface area contributed by atoms with E-state index in [2.05, 4.69) is 59.4 Å². The number of aliphatic carboxylic acids is 1. The van der Waals surface area contributed by atoms with Gasteiger partial charge in [0.15, 0.2) is 0 Å². The number of carboxylic acid groups (broad SMARTS) is 1. The van der Waals surface area contributed by atoms with Crippen LogP contribution in [0.2, 0.25) is 0 Å². The van der Waals surface area contributed by atoms with Crippen molar-refractivity contribution in [2.45, 2.75) is 21.3 Å². The van der Waals surface area contributed by atoms with Gasteiger partial charge in [-0.25, -0.2) is 0 Å². The summed E-state index contributed by atoms with van der Waals surface area (Å²) in [5.41, 5.74) is 0. The van der Waals surface area contributed by atoms with Gasteiger partial charge in [-0.1, -0.05) is 52.6 Å². The summed E-state index contributed by atoms with van der Waals surface area (Å²) in [7, 11) is 10.8. The maximum absolute atomic E-state index is 9.59. The number of methoxy groups -OCH3 is 3. The van der Waals surface area contributed by atoms with Crippen molar-refractivity contribution in [3.8, 4) is 0 Å². The van der Waals surface area contributed by atoms with E-state index in [-0.39, 0.29) is 53.8 Å². The Balaban J connectivity index is -0.00000000803. The molecule has 0 spiro atoms. The first-order valence-corrected chi connectivity index (χ1v) is 10.3. The quantitative estimate of drug-likeness (QED) is 0.151. The lowest BCUT2D eigenvalue weighted by Crippen LogP contribution is -1.88. The fraction of sp³-hybridized carbons (Fsp3) is 0.867. The Bertz CT molecular complexity index is 144. The number of alkyl halides is 2. The highest BCUT2D eigenvalue weighted by molar-refractivity contribution is 14.1. The van der Waals surface area contributed by atoms with Crippen LogP contribution in [0.5, 0.6) is 0 Å². The minimum absolute atomic E-state index is 0. The van der Waals surface area contributed by atoms with E-state index in [0.717, 1.165) is 28.3 Å². The Hall–Kier alpha value is 0.810. The second-order valence-corrected chi connectivity index (χ2v) is 2.03. The minimum Gasteiger partial charge on any atom is -0.481 e. The van der Waals surface area contributed by atoms with Gasteiger partial charge in [-0.3, -0.25) is 9.59 Å². The summed E-state index contributed by atoms with van der Waals surface area (Å²) in [6.45, 7) is 2.44. The molecule has 30 heavy (non-hydrogen) atoms. The predicted molar refractivity (Wildman–Crippen MR) is 154 cm³/mol. The highest BCUT2D eigenvalue weighted by atomic mass is 127. The van der Waals surface area contributed by atoms with Gasteiger partial charge in [0.05, 0.1) is 7.11 Å². The molecule has 0 heterocycles. The second-order valence-electron chi connectivity index (χ2n) is 2.03. The molecule has 0 aromatic rings. The topological polar surface area (TPSA) is 237 Å². The zero-order valence-corrected chi connectivity index (χ0v) is 26.1. The third kappa shape index (κ3) is 2820. The Morgan fingerprint density at radius 2 is 0.667 bits per heavy atom. The molecule has 0 fully saturated rings. The summed E-state index contributed by atoms with van der Waals surface area (Å²) in [4.78, 5) is 22.5. The van der Waals surface area contributed by atoms with Gasteiger partial charge in [0, 0.05) is 63.6 Å². The Morgan fingerprint density at radius 3 is 0.667 bits per heavy atom. The Labute approximate surface area is 228 Å². The van der Waals surface area contributed by atoms with Crippen LogP contribution in [0.15, 0.2) is 0 Å². The van der Waals surface area contributed by atoms with Crippen LogP contribution >= 0.6 is 69.2 Å². The number of hydrogen-bond acceptors (Lipinski definition) is 8. The van der Waals surface area contributed by atoms with E-state index < -0.39 is 5.97 Å². The molecule has 0 aliphatic carbocycles. The van der Waals surface area contributed by atoms with Crippen LogP contribution in [0, 0.1) is 0 Å². The molecule has 204 valence electrons. The average Bonchev–Trinajstić information content (AvgIpc) is 2.64. The van der Waals surface area contributed by atoms with Crippen molar-refractivity contribution < 1.29 is 60.7 Å². The molecule has 0 bridgehead atoms. The zero-order valence-electron chi connectivity index (χ0n) is 19.5. The Kier molecular flexibility index (Phi) is 830. The SMILES string of the molecule is C.CC(=O)O.CI.CI.CO.CO.CO.COC.COC.COC(C)=O.I.O.O.O. The van der Waals surface area contributed by atoms with E-state index in [9.17, 15) is 4.79 Å². The van der Waals surface area contributed by atoms with E-state index in [1.807, 2.05) is 9.86 Å². The molecule has 0 aromatic heterocycles. The number of carbonyl (C=O) groups is 2. The fourth-order valence-electron chi connectivity index (χ4n) is 0. The summed E-state index contributed by atoms with van der Waals surface area (Å²) in [5.74, 6) is -1.08. The van der Waals surface area contributed by atoms with Crippen molar-refractivity contribution in [2.75, 3.05) is 66.7 Å². The maximum atomic E-state index is 9.59. The lowest BCUT2D eigenvalue weighted by atomic mass is 10.8. The lowest BCUT2D eigenvalue weighted by Gasteiger charge is -1.80. The Morgan fingerprint density at radius 1 is 0.633 bits per heavy atom. The second kappa shape index (κ2) is 257. The van der Waals surface area contributed by atoms with Crippen LogP contribution in [-0.4, -0.2) is 116 Å². The van der Waals surface area contributed by atoms with Crippen LogP contribution in [-0.2, 0) is 23.8 Å². The molecule has 0 aliphatic rings. The summed E-state index contributed by atoms with van der Waals surface area (Å²) in [6.07, 6.45) is 0. The van der Waals surface area contributed by atoms with Crippen LogP contribution in [0.3, 0.4) is 0 Å². The molecule has 0 aromatic carbocycles. The first kappa shape index (κ1) is 96.9. The molecule has 0 saturated heterocycles. The van der Waals surface area contributed by atoms with Crippen LogP contribution in [0.25, 0.3) is 0 Å². The van der Waals surface area contributed by atoms with E-state index >= 15 is 0 Å². The molecule has 0 radical (unpaired) electrons. The molecule has 0 aliphatic heterocycles. The van der Waals surface area contributed by atoms with Gasteiger partial charge < -0.3 is 51.1 Å². The van der Waals surface area contributed by atoms with Gasteiger partial charge in [0.2, 0.25) is 0 Å². The van der Waals surface area contributed by atoms with Crippen LogP contribution in [0.4, 0.5) is 0 Å². The molecule has 15 heteroatoms. The first-order chi connectivity index (χ1) is 11.8. The molecule has 0 atom stereocenters. The lowest BCUT2D eigenvalue weighted by molar-refractivity contribution is -0.138. The van der Waals surface area contributed by atoms with Crippen molar-refractivity contribution in [3.63, 3.8) is 0 Å². The molecule has 10 N–H and O–H groups in total. The monoisotopic (exact) mass is 804 g/mol. The van der Waals surface area contributed by atoms with Crippen molar-refractivity contribution in [1.29, 1.82) is 0 Å². The fourth-order valence-corrected chi connectivity index (χ4v) is 0. The number of ether oxygens (including phenoxy) is 3. The smallest absolute Gasteiger partial charge is 0.302 e. The number of aliphatic hydroxyl groups excluding tert-OH is 3. The summed E-state index contributed by atoms with van der Waals surface area (Å²) >= 11 is 4.30. The number of hydrogen-bond donors (Lipinski definition) is 4. The zero-order chi connectivity index (χ0) is 23.3. The molecule has 0 amide bonds. The van der Waals surface area contributed by atoms with Gasteiger partial charge in [0.1, 0.15) is 0 Å². The number of esters is 1. The van der Waals surface area contributed by atoms with E-state index in [1.165, 1.54) is 14.0 Å². The molecule has 0 saturated carbocycles. The average molecular weight is 804 g/mol. The minimum atomic E-state index is -0.833. The third-order valence-electron chi connectivity index (χ3n) is 0.287. The third-order valence-corrected chi connectivity index (χ3v) is 0.287. The van der Waals surface area contributed by atoms with Gasteiger partial charge in [0.25, 0.3) is 5.97 Å². The highest BCUT2D eigenvalue weighted by Gasteiger charge is 1.75. The predicted octanol–water partition coefficient (Wildman–Crippen LogP) is 0.503. The number of halogens is 3. The maximum Gasteiger partial charge on any atom is 0.302 e. The molecule has 0 rings (SSSR count). The molecule has 12 nitrogen and oxygen atoms in total. The van der Waals surface area contributed by atoms with E-state index in [1.54, 1.807) is 28.4 Å². The summed E-state index contributed by atoms with van der Waals surface area (Å²) in [5, 5.41) is 28.4.